The van der Waals surface area contributed by atoms with Crippen LogP contribution >= 0.6 is 0 Å². The average molecular weight is 242 g/mol. The maximum absolute atomic E-state index is 7.10. The number of hydrogen-bond donors (Lipinski definition) is 2. The monoisotopic (exact) mass is 242 g/mol. The molecule has 0 amide bonds. The Morgan fingerprint density at radius 1 is 1.12 bits per heavy atom. The van der Waals surface area contributed by atoms with Gasteiger partial charge in [0, 0.05) is 19.4 Å². The molecule has 0 saturated carbocycles. The molecule has 17 heavy (non-hydrogen) atoms. The van der Waals surface area contributed by atoms with E-state index < -0.39 is 0 Å². The van der Waals surface area contributed by atoms with Gasteiger partial charge in [-0.1, -0.05) is 0 Å². The highest BCUT2D eigenvalue weighted by molar-refractivity contribution is 4.50. The summed E-state index contributed by atoms with van der Waals surface area (Å²) in [4.78, 5) is 0. The first-order chi connectivity index (χ1) is 8.16. The highest BCUT2D eigenvalue weighted by Crippen LogP contribution is 2.18. The van der Waals surface area contributed by atoms with Gasteiger partial charge in [0.15, 0.2) is 19.1 Å². The SMILES string of the molecule is CCOC[N+]1(CC)CCCC1.N#CN.N#CN. The van der Waals surface area contributed by atoms with Gasteiger partial charge in [0.05, 0.1) is 19.6 Å². The molecular formula is C11H24N5O+. The van der Waals surface area contributed by atoms with Crippen LogP contribution in [0.15, 0.2) is 0 Å². The first-order valence-electron chi connectivity index (χ1n) is 5.78. The van der Waals surface area contributed by atoms with E-state index in [9.17, 15) is 0 Å². The van der Waals surface area contributed by atoms with Crippen molar-refractivity contribution in [2.75, 3.05) is 33.0 Å². The van der Waals surface area contributed by atoms with Crippen LogP contribution in [-0.4, -0.2) is 37.5 Å². The van der Waals surface area contributed by atoms with Gasteiger partial charge in [0.25, 0.3) is 0 Å². The lowest BCUT2D eigenvalue weighted by Gasteiger charge is -2.32. The highest BCUT2D eigenvalue weighted by atomic mass is 16.5. The van der Waals surface area contributed by atoms with Crippen molar-refractivity contribution in [3.8, 4) is 12.4 Å². The molecule has 1 heterocycles. The third kappa shape index (κ3) is 9.43. The number of quaternary nitrogens is 1. The smallest absolute Gasteiger partial charge is 0.183 e. The first kappa shape index (κ1) is 17.9. The minimum Gasteiger partial charge on any atom is -0.337 e. The Balaban J connectivity index is 0. The summed E-state index contributed by atoms with van der Waals surface area (Å²) in [6.45, 7) is 10.0. The Kier molecular flexibility index (Phi) is 13.2. The van der Waals surface area contributed by atoms with Gasteiger partial charge < -0.3 is 20.7 Å². The lowest BCUT2D eigenvalue weighted by molar-refractivity contribution is -0.933. The Hall–Kier alpha value is -1.50. The van der Waals surface area contributed by atoms with Crippen molar-refractivity contribution in [2.24, 2.45) is 11.5 Å². The average Bonchev–Trinajstić information content (AvgIpc) is 2.78. The van der Waals surface area contributed by atoms with Crippen molar-refractivity contribution in [3.63, 3.8) is 0 Å². The molecule has 0 unspecified atom stereocenters. The summed E-state index contributed by atoms with van der Waals surface area (Å²) < 4.78 is 6.69. The molecule has 1 aliphatic heterocycles. The molecule has 0 radical (unpaired) electrons. The van der Waals surface area contributed by atoms with Gasteiger partial charge in [-0.05, 0) is 13.8 Å². The van der Waals surface area contributed by atoms with Crippen LogP contribution in [0, 0.1) is 22.9 Å². The molecule has 98 valence electrons. The summed E-state index contributed by atoms with van der Waals surface area (Å²) in [5.41, 5.74) is 8.31. The normalized spacial score (nSPS) is 15.3. The maximum atomic E-state index is 7.10. The number of nitrogens with zero attached hydrogens (tertiary/aromatic N) is 3. The largest absolute Gasteiger partial charge is 0.337 e. The molecule has 1 aliphatic rings. The zero-order valence-electron chi connectivity index (χ0n) is 10.9. The third-order valence-corrected chi connectivity index (χ3v) is 2.76. The van der Waals surface area contributed by atoms with Gasteiger partial charge >= 0.3 is 0 Å². The van der Waals surface area contributed by atoms with Gasteiger partial charge in [0.2, 0.25) is 0 Å². The van der Waals surface area contributed by atoms with Gasteiger partial charge in [-0.3, -0.25) is 0 Å². The Bertz CT molecular complexity index is 225. The Morgan fingerprint density at radius 3 is 1.82 bits per heavy atom. The molecule has 0 bridgehead atoms. The summed E-state index contributed by atoms with van der Waals surface area (Å²) in [6, 6.07) is 0. The number of nitriles is 2. The van der Waals surface area contributed by atoms with Crippen LogP contribution < -0.4 is 11.5 Å². The standard InChI is InChI=1S/C9H20NO.2CH2N2/c1-3-10(9-11-4-2)7-5-6-8-10;2*2-1-3/h3-9H2,1-2H3;2*2H2/q+1;;. The maximum Gasteiger partial charge on any atom is 0.183 e. The predicted molar refractivity (Wildman–Crippen MR) is 65.9 cm³/mol. The Labute approximate surface area is 104 Å². The molecule has 1 rings (SSSR count). The molecule has 0 aromatic heterocycles. The fourth-order valence-electron chi connectivity index (χ4n) is 1.83. The molecular weight excluding hydrogens is 218 g/mol. The molecule has 0 aromatic rings. The minimum atomic E-state index is 0.861. The van der Waals surface area contributed by atoms with Crippen LogP contribution in [0.25, 0.3) is 0 Å². The number of likely N-dealkylation sites (tertiary alicyclic amines) is 1. The van der Waals surface area contributed by atoms with Crippen LogP contribution in [0.4, 0.5) is 0 Å². The lowest BCUT2D eigenvalue weighted by Crippen LogP contribution is -2.46. The van der Waals surface area contributed by atoms with E-state index in [2.05, 4.69) is 25.3 Å². The number of ether oxygens (including phenoxy) is 1. The summed E-state index contributed by atoms with van der Waals surface area (Å²) >= 11 is 0. The molecule has 0 spiro atoms. The lowest BCUT2D eigenvalue weighted by atomic mass is 10.4. The van der Waals surface area contributed by atoms with Gasteiger partial charge in [-0.2, -0.15) is 10.5 Å². The van der Waals surface area contributed by atoms with Crippen LogP contribution in [-0.2, 0) is 4.74 Å². The number of nitrogens with two attached hydrogens (primary N) is 2. The van der Waals surface area contributed by atoms with Crippen molar-refractivity contribution in [1.29, 1.82) is 10.5 Å². The molecule has 0 aliphatic carbocycles. The topological polar surface area (TPSA) is 109 Å². The number of rotatable bonds is 4. The van der Waals surface area contributed by atoms with E-state index in [4.69, 9.17) is 15.3 Å². The van der Waals surface area contributed by atoms with Gasteiger partial charge in [-0.15, -0.1) is 0 Å². The van der Waals surface area contributed by atoms with E-state index in [0.717, 1.165) is 13.3 Å². The fourth-order valence-corrected chi connectivity index (χ4v) is 1.83. The molecule has 4 N–H and O–H groups in total. The van der Waals surface area contributed by atoms with Crippen LogP contribution in [0.5, 0.6) is 0 Å². The van der Waals surface area contributed by atoms with Crippen molar-refractivity contribution >= 4 is 0 Å². The fraction of sp³-hybridized carbons (Fsp3) is 0.818. The molecule has 0 aromatic carbocycles. The summed E-state index contributed by atoms with van der Waals surface area (Å²) in [5.74, 6) is 0. The summed E-state index contributed by atoms with van der Waals surface area (Å²) in [7, 11) is 0. The second-order valence-corrected chi connectivity index (χ2v) is 3.69. The zero-order valence-corrected chi connectivity index (χ0v) is 10.9. The highest BCUT2D eigenvalue weighted by Gasteiger charge is 2.29. The number of hydrogen-bond acceptors (Lipinski definition) is 5. The summed E-state index contributed by atoms with van der Waals surface area (Å²) in [6.07, 6.45) is 5.28. The second-order valence-electron chi connectivity index (χ2n) is 3.69. The van der Waals surface area contributed by atoms with E-state index in [0.29, 0.717) is 0 Å². The van der Waals surface area contributed by atoms with E-state index in [1.165, 1.54) is 49.3 Å². The van der Waals surface area contributed by atoms with Crippen molar-refractivity contribution in [1.82, 2.24) is 0 Å². The predicted octanol–water partition coefficient (Wildman–Crippen LogP) is 0.463. The molecule has 0 atom stereocenters. The van der Waals surface area contributed by atoms with Gasteiger partial charge in [-0.25, -0.2) is 0 Å². The van der Waals surface area contributed by atoms with E-state index in [1.54, 1.807) is 0 Å². The first-order valence-corrected chi connectivity index (χ1v) is 5.78. The minimum absolute atomic E-state index is 0.861. The molecule has 6 nitrogen and oxygen atoms in total. The Morgan fingerprint density at radius 2 is 1.53 bits per heavy atom. The van der Waals surface area contributed by atoms with Gasteiger partial charge in [0.1, 0.15) is 0 Å². The van der Waals surface area contributed by atoms with Crippen LogP contribution in [0.2, 0.25) is 0 Å². The van der Waals surface area contributed by atoms with E-state index in [1.807, 2.05) is 0 Å². The van der Waals surface area contributed by atoms with Crippen molar-refractivity contribution in [2.45, 2.75) is 26.7 Å². The van der Waals surface area contributed by atoms with Crippen molar-refractivity contribution in [3.05, 3.63) is 0 Å². The van der Waals surface area contributed by atoms with E-state index in [-0.39, 0.29) is 0 Å². The second kappa shape index (κ2) is 12.6. The third-order valence-electron chi connectivity index (χ3n) is 2.76. The zero-order chi connectivity index (χ0) is 13.6. The summed E-state index contributed by atoms with van der Waals surface area (Å²) in [5, 5.41) is 14.2. The molecule has 1 saturated heterocycles. The van der Waals surface area contributed by atoms with E-state index >= 15 is 0 Å². The van der Waals surface area contributed by atoms with Crippen molar-refractivity contribution < 1.29 is 9.22 Å². The molecule has 1 fully saturated rings. The quantitative estimate of drug-likeness (QED) is 0.423. The van der Waals surface area contributed by atoms with Crippen LogP contribution in [0.3, 0.4) is 0 Å². The van der Waals surface area contributed by atoms with Crippen LogP contribution in [0.1, 0.15) is 26.7 Å². The molecule has 6 heteroatoms.